The number of aryl methyl sites for hydroxylation is 1. The smallest absolute Gasteiger partial charge is 0.142 e. The Labute approximate surface area is 107 Å². The van der Waals surface area contributed by atoms with Crippen molar-refractivity contribution < 1.29 is 9.21 Å². The van der Waals surface area contributed by atoms with Crippen molar-refractivity contribution in [2.24, 2.45) is 0 Å². The van der Waals surface area contributed by atoms with E-state index in [0.717, 1.165) is 18.5 Å². The number of carbonyl (C=O) groups is 1. The molecule has 0 aliphatic rings. The summed E-state index contributed by atoms with van der Waals surface area (Å²) in [7, 11) is 0. The first-order valence-corrected chi connectivity index (χ1v) is 6.97. The molecule has 0 saturated carbocycles. The number of unbranched alkanes of at least 4 members (excludes halogenated alkanes) is 1. The summed E-state index contributed by atoms with van der Waals surface area (Å²) in [6.07, 6.45) is 10.7. The van der Waals surface area contributed by atoms with E-state index in [1.165, 1.54) is 24.2 Å². The zero-order valence-corrected chi connectivity index (χ0v) is 11.3. The van der Waals surface area contributed by atoms with E-state index >= 15 is 0 Å². The van der Waals surface area contributed by atoms with Crippen LogP contribution in [0, 0.1) is 6.92 Å². The summed E-state index contributed by atoms with van der Waals surface area (Å²) >= 11 is 1.85. The first-order valence-electron chi connectivity index (χ1n) is 6.09. The van der Waals surface area contributed by atoms with Crippen LogP contribution < -0.4 is 0 Å². The Kier molecular flexibility index (Phi) is 6.78. The van der Waals surface area contributed by atoms with Crippen LogP contribution in [0.25, 0.3) is 0 Å². The van der Waals surface area contributed by atoms with Crippen molar-refractivity contribution in [2.75, 3.05) is 0 Å². The molecule has 0 radical (unpaired) electrons. The normalized spacial score (nSPS) is 13.1. The number of rotatable bonds is 8. The lowest BCUT2D eigenvalue weighted by molar-refractivity contribution is -0.104. The molecule has 3 heteroatoms. The average Bonchev–Trinajstić information content (AvgIpc) is 2.72. The molecular weight excluding hydrogens is 232 g/mol. The highest BCUT2D eigenvalue weighted by Crippen LogP contribution is 2.31. The monoisotopic (exact) mass is 252 g/mol. The Bertz CT molecular complexity index is 355. The van der Waals surface area contributed by atoms with E-state index in [1.54, 1.807) is 12.3 Å². The summed E-state index contributed by atoms with van der Waals surface area (Å²) in [5.74, 6) is 0.982. The Morgan fingerprint density at radius 2 is 2.35 bits per heavy atom. The molecule has 1 rings (SSSR count). The van der Waals surface area contributed by atoms with Gasteiger partial charge in [0.1, 0.15) is 12.0 Å². The van der Waals surface area contributed by atoms with Crippen LogP contribution in [-0.2, 0) is 4.79 Å². The Hall–Kier alpha value is -0.960. The number of aldehydes is 1. The largest absolute Gasteiger partial charge is 0.468 e. The number of thioether (sulfide) groups is 1. The average molecular weight is 252 g/mol. The second-order valence-electron chi connectivity index (χ2n) is 4.02. The molecule has 0 spiro atoms. The van der Waals surface area contributed by atoms with Crippen molar-refractivity contribution in [1.29, 1.82) is 0 Å². The summed E-state index contributed by atoms with van der Waals surface area (Å²) in [6, 6.07) is 2.02. The quantitative estimate of drug-likeness (QED) is 0.390. The molecule has 1 atom stereocenters. The molecule has 17 heavy (non-hydrogen) atoms. The first-order chi connectivity index (χ1) is 8.27. The van der Waals surface area contributed by atoms with Gasteiger partial charge in [0, 0.05) is 10.1 Å². The summed E-state index contributed by atoms with van der Waals surface area (Å²) in [4.78, 5) is 11.5. The Morgan fingerprint density at radius 1 is 1.53 bits per heavy atom. The van der Waals surface area contributed by atoms with E-state index in [4.69, 9.17) is 4.42 Å². The van der Waals surface area contributed by atoms with Gasteiger partial charge in [0.2, 0.25) is 0 Å². The number of furan rings is 1. The van der Waals surface area contributed by atoms with Crippen molar-refractivity contribution in [3.05, 3.63) is 30.2 Å². The first kappa shape index (κ1) is 14.1. The maximum Gasteiger partial charge on any atom is 0.142 e. The Balaban J connectivity index is 2.53. The predicted octanol–water partition coefficient (Wildman–Crippen LogP) is 4.38. The molecule has 1 aromatic heterocycles. The van der Waals surface area contributed by atoms with Crippen LogP contribution in [0.15, 0.2) is 33.8 Å². The predicted molar refractivity (Wildman–Crippen MR) is 72.4 cm³/mol. The molecule has 0 aliphatic carbocycles. The minimum atomic E-state index is 0.530. The van der Waals surface area contributed by atoms with Gasteiger partial charge in [0.25, 0.3) is 0 Å². The molecule has 0 aliphatic heterocycles. The van der Waals surface area contributed by atoms with Crippen LogP contribution in [-0.4, -0.2) is 11.5 Å². The third kappa shape index (κ3) is 5.26. The summed E-state index contributed by atoms with van der Waals surface area (Å²) in [5, 5.41) is 0.530. The Morgan fingerprint density at radius 3 is 2.94 bits per heavy atom. The number of carbonyl (C=O) groups excluding carboxylic acids is 1. The van der Waals surface area contributed by atoms with Crippen LogP contribution in [0.4, 0.5) is 0 Å². The second kappa shape index (κ2) is 8.18. The number of allylic oxidation sites excluding steroid dienone is 2. The second-order valence-corrected chi connectivity index (χ2v) is 5.37. The lowest BCUT2D eigenvalue weighted by Gasteiger charge is -2.13. The van der Waals surface area contributed by atoms with E-state index in [0.29, 0.717) is 5.25 Å². The zero-order chi connectivity index (χ0) is 12.5. The van der Waals surface area contributed by atoms with Gasteiger partial charge in [-0.15, -0.1) is 11.8 Å². The summed E-state index contributed by atoms with van der Waals surface area (Å²) < 4.78 is 5.30. The topological polar surface area (TPSA) is 30.2 Å². The minimum absolute atomic E-state index is 0.530. The molecular formula is C14H20O2S. The van der Waals surface area contributed by atoms with Gasteiger partial charge in [0.15, 0.2) is 0 Å². The van der Waals surface area contributed by atoms with Gasteiger partial charge >= 0.3 is 0 Å². The zero-order valence-electron chi connectivity index (χ0n) is 10.5. The molecule has 1 heterocycles. The van der Waals surface area contributed by atoms with Crippen LogP contribution in [0.3, 0.4) is 0 Å². The van der Waals surface area contributed by atoms with E-state index in [2.05, 4.69) is 6.92 Å². The van der Waals surface area contributed by atoms with Gasteiger partial charge < -0.3 is 4.42 Å². The highest BCUT2D eigenvalue weighted by molar-refractivity contribution is 8.00. The lowest BCUT2D eigenvalue weighted by atomic mass is 10.1. The highest BCUT2D eigenvalue weighted by Gasteiger charge is 2.11. The fourth-order valence-corrected chi connectivity index (χ4v) is 2.82. The van der Waals surface area contributed by atoms with Crippen LogP contribution in [0.5, 0.6) is 0 Å². The van der Waals surface area contributed by atoms with Crippen molar-refractivity contribution in [3.8, 4) is 0 Å². The minimum Gasteiger partial charge on any atom is -0.468 e. The van der Waals surface area contributed by atoms with Crippen LogP contribution >= 0.6 is 11.8 Å². The van der Waals surface area contributed by atoms with E-state index in [1.807, 2.05) is 30.8 Å². The molecule has 1 unspecified atom stereocenters. The maximum atomic E-state index is 10.3. The fourth-order valence-electron chi connectivity index (χ4n) is 1.62. The molecule has 0 fully saturated rings. The van der Waals surface area contributed by atoms with E-state index in [-0.39, 0.29) is 0 Å². The molecule has 1 aromatic rings. The van der Waals surface area contributed by atoms with Crippen molar-refractivity contribution >= 4 is 18.0 Å². The molecule has 0 aromatic carbocycles. The van der Waals surface area contributed by atoms with Crippen molar-refractivity contribution in [3.63, 3.8) is 0 Å². The van der Waals surface area contributed by atoms with E-state index in [9.17, 15) is 4.79 Å². The molecule has 0 amide bonds. The third-order valence-electron chi connectivity index (χ3n) is 2.60. The van der Waals surface area contributed by atoms with Crippen LogP contribution in [0.2, 0.25) is 0 Å². The van der Waals surface area contributed by atoms with Gasteiger partial charge in [-0.05, 0) is 31.9 Å². The van der Waals surface area contributed by atoms with Gasteiger partial charge in [0.05, 0.1) is 6.26 Å². The molecule has 2 nitrogen and oxygen atoms in total. The van der Waals surface area contributed by atoms with Gasteiger partial charge in [-0.3, -0.25) is 4.79 Å². The maximum absolute atomic E-state index is 10.3. The van der Waals surface area contributed by atoms with Gasteiger partial charge in [-0.2, -0.15) is 0 Å². The molecule has 0 saturated heterocycles. The van der Waals surface area contributed by atoms with Gasteiger partial charge in [-0.25, -0.2) is 0 Å². The standard InChI is InChI=1S/C14H20O2S/c1-3-4-7-13(8-5-6-10-15)17-14-9-11-16-12(14)2/h5-6,9-11,13H,3-4,7-8H2,1-2H3/b6-5+. The number of hydrogen-bond donors (Lipinski definition) is 0. The van der Waals surface area contributed by atoms with Crippen molar-refractivity contribution in [2.45, 2.75) is 49.7 Å². The highest BCUT2D eigenvalue weighted by atomic mass is 32.2. The molecule has 0 bridgehead atoms. The summed E-state index contributed by atoms with van der Waals surface area (Å²) in [5.41, 5.74) is 0. The van der Waals surface area contributed by atoms with Crippen LogP contribution in [0.1, 0.15) is 38.4 Å². The SMILES string of the molecule is CCCCC(C/C=C/C=O)Sc1ccoc1C. The molecule has 0 N–H and O–H groups in total. The van der Waals surface area contributed by atoms with Gasteiger partial charge in [-0.1, -0.05) is 25.8 Å². The van der Waals surface area contributed by atoms with Crippen molar-refractivity contribution in [1.82, 2.24) is 0 Å². The molecule has 94 valence electrons. The van der Waals surface area contributed by atoms with E-state index < -0.39 is 0 Å². The third-order valence-corrected chi connectivity index (χ3v) is 4.04. The fraction of sp³-hybridized carbons (Fsp3) is 0.500. The number of hydrogen-bond acceptors (Lipinski definition) is 3. The lowest BCUT2D eigenvalue weighted by Crippen LogP contribution is -2.01. The summed E-state index contributed by atoms with van der Waals surface area (Å²) in [6.45, 7) is 4.19.